The van der Waals surface area contributed by atoms with Gasteiger partial charge in [-0.1, -0.05) is 52.0 Å². The maximum Gasteiger partial charge on any atom is 0.239 e. The number of rotatable bonds is 10. The standard InChI is InChI=1S/C19H31N3O2/c1-5-11-20-17(23)12-21-18(24)13-22-19(14(3)4)16-9-7-15(6-2)8-10-16/h7-10,14,19,22H,5-6,11-13H2,1-4H3,(H,20,23)(H,21,24)/t19-/m0/s1. The summed E-state index contributed by atoms with van der Waals surface area (Å²) >= 11 is 0. The lowest BCUT2D eigenvalue weighted by Gasteiger charge is -2.23. The Morgan fingerprint density at radius 1 is 0.958 bits per heavy atom. The topological polar surface area (TPSA) is 70.2 Å². The zero-order chi connectivity index (χ0) is 17.9. The van der Waals surface area contributed by atoms with Gasteiger partial charge < -0.3 is 16.0 Å². The van der Waals surface area contributed by atoms with Crippen molar-refractivity contribution >= 4 is 11.8 Å². The number of hydrogen-bond donors (Lipinski definition) is 3. The summed E-state index contributed by atoms with van der Waals surface area (Å²) in [5.41, 5.74) is 2.48. The molecule has 3 N–H and O–H groups in total. The molecular formula is C19H31N3O2. The molecule has 1 aromatic rings. The number of aryl methyl sites for hydroxylation is 1. The van der Waals surface area contributed by atoms with Gasteiger partial charge >= 0.3 is 0 Å². The first kappa shape index (κ1) is 20.2. The van der Waals surface area contributed by atoms with Crippen molar-refractivity contribution in [3.63, 3.8) is 0 Å². The summed E-state index contributed by atoms with van der Waals surface area (Å²) in [6.45, 7) is 9.23. The van der Waals surface area contributed by atoms with Gasteiger partial charge in [0.05, 0.1) is 13.1 Å². The molecule has 0 aromatic heterocycles. The molecule has 0 heterocycles. The first-order valence-electron chi connectivity index (χ1n) is 8.83. The summed E-state index contributed by atoms with van der Waals surface area (Å²) in [7, 11) is 0. The second-order valence-electron chi connectivity index (χ2n) is 6.32. The Kier molecular flexibility index (Phi) is 9.08. The summed E-state index contributed by atoms with van der Waals surface area (Å²) in [5, 5.41) is 8.67. The van der Waals surface area contributed by atoms with Gasteiger partial charge in [0.1, 0.15) is 0 Å². The molecular weight excluding hydrogens is 302 g/mol. The zero-order valence-electron chi connectivity index (χ0n) is 15.3. The molecule has 5 heteroatoms. The van der Waals surface area contributed by atoms with E-state index in [1.165, 1.54) is 11.1 Å². The fourth-order valence-electron chi connectivity index (χ4n) is 2.47. The van der Waals surface area contributed by atoms with Crippen LogP contribution in [-0.2, 0) is 16.0 Å². The maximum absolute atomic E-state index is 11.9. The van der Waals surface area contributed by atoms with Crippen LogP contribution in [0.15, 0.2) is 24.3 Å². The summed E-state index contributed by atoms with van der Waals surface area (Å²) in [6.07, 6.45) is 1.90. The third kappa shape index (κ3) is 7.13. The number of nitrogens with one attached hydrogen (secondary N) is 3. The maximum atomic E-state index is 11.9. The molecule has 0 bridgehead atoms. The number of benzene rings is 1. The van der Waals surface area contributed by atoms with Crippen molar-refractivity contribution in [1.82, 2.24) is 16.0 Å². The van der Waals surface area contributed by atoms with E-state index in [-0.39, 0.29) is 30.9 Å². The molecule has 0 aliphatic rings. The van der Waals surface area contributed by atoms with Crippen LogP contribution < -0.4 is 16.0 Å². The fourth-order valence-corrected chi connectivity index (χ4v) is 2.47. The zero-order valence-corrected chi connectivity index (χ0v) is 15.3. The van der Waals surface area contributed by atoms with E-state index < -0.39 is 0 Å². The van der Waals surface area contributed by atoms with Crippen LogP contribution in [0.5, 0.6) is 0 Å². The highest BCUT2D eigenvalue weighted by Crippen LogP contribution is 2.21. The van der Waals surface area contributed by atoms with Gasteiger partial charge in [0.15, 0.2) is 0 Å². The SMILES string of the molecule is CCCNC(=O)CNC(=O)CN[C@H](c1ccc(CC)cc1)C(C)C. The van der Waals surface area contributed by atoms with Crippen LogP contribution in [0.3, 0.4) is 0 Å². The van der Waals surface area contributed by atoms with E-state index >= 15 is 0 Å². The quantitative estimate of drug-likeness (QED) is 0.615. The first-order valence-corrected chi connectivity index (χ1v) is 8.83. The van der Waals surface area contributed by atoms with E-state index in [0.29, 0.717) is 12.5 Å². The van der Waals surface area contributed by atoms with Crippen LogP contribution in [0, 0.1) is 5.92 Å². The van der Waals surface area contributed by atoms with Crippen LogP contribution in [-0.4, -0.2) is 31.4 Å². The molecule has 2 amide bonds. The molecule has 24 heavy (non-hydrogen) atoms. The van der Waals surface area contributed by atoms with Crippen molar-refractivity contribution in [3.8, 4) is 0 Å². The lowest BCUT2D eigenvalue weighted by molar-refractivity contribution is -0.125. The first-order chi connectivity index (χ1) is 11.5. The van der Waals surface area contributed by atoms with E-state index in [2.05, 4.69) is 61.0 Å². The van der Waals surface area contributed by atoms with Crippen LogP contribution >= 0.6 is 0 Å². The third-order valence-electron chi connectivity index (χ3n) is 3.91. The Morgan fingerprint density at radius 2 is 1.58 bits per heavy atom. The second kappa shape index (κ2) is 10.8. The van der Waals surface area contributed by atoms with Crippen molar-refractivity contribution in [2.45, 2.75) is 46.6 Å². The molecule has 5 nitrogen and oxygen atoms in total. The average molecular weight is 333 g/mol. The molecule has 0 unspecified atom stereocenters. The van der Waals surface area contributed by atoms with Gasteiger partial charge in [0, 0.05) is 12.6 Å². The van der Waals surface area contributed by atoms with E-state index in [0.717, 1.165) is 12.8 Å². The number of carbonyl (C=O) groups excluding carboxylic acids is 2. The van der Waals surface area contributed by atoms with E-state index in [4.69, 9.17) is 0 Å². The number of hydrogen-bond acceptors (Lipinski definition) is 3. The van der Waals surface area contributed by atoms with Gasteiger partial charge in [-0.3, -0.25) is 9.59 Å². The minimum Gasteiger partial charge on any atom is -0.355 e. The molecule has 1 rings (SSSR count). The van der Waals surface area contributed by atoms with Crippen LogP contribution in [0.4, 0.5) is 0 Å². The lowest BCUT2D eigenvalue weighted by atomic mass is 9.95. The van der Waals surface area contributed by atoms with E-state index in [9.17, 15) is 9.59 Å². The molecule has 0 aliphatic carbocycles. The van der Waals surface area contributed by atoms with Gasteiger partial charge in [-0.05, 0) is 29.9 Å². The Balaban J connectivity index is 2.48. The molecule has 134 valence electrons. The van der Waals surface area contributed by atoms with Crippen molar-refractivity contribution < 1.29 is 9.59 Å². The summed E-state index contributed by atoms with van der Waals surface area (Å²) < 4.78 is 0. The van der Waals surface area contributed by atoms with Crippen molar-refractivity contribution in [3.05, 3.63) is 35.4 Å². The smallest absolute Gasteiger partial charge is 0.239 e. The van der Waals surface area contributed by atoms with Gasteiger partial charge in [-0.2, -0.15) is 0 Å². The second-order valence-corrected chi connectivity index (χ2v) is 6.32. The Labute approximate surface area is 145 Å². The van der Waals surface area contributed by atoms with E-state index in [1.54, 1.807) is 0 Å². The Hall–Kier alpha value is -1.88. The number of carbonyl (C=O) groups is 2. The van der Waals surface area contributed by atoms with Crippen molar-refractivity contribution in [2.24, 2.45) is 5.92 Å². The predicted molar refractivity (Wildman–Crippen MR) is 97.7 cm³/mol. The summed E-state index contributed by atoms with van der Waals surface area (Å²) in [6, 6.07) is 8.60. The average Bonchev–Trinajstić information content (AvgIpc) is 2.58. The largest absolute Gasteiger partial charge is 0.355 e. The third-order valence-corrected chi connectivity index (χ3v) is 3.91. The minimum absolute atomic E-state index is 0.0258. The van der Waals surface area contributed by atoms with Gasteiger partial charge in [-0.15, -0.1) is 0 Å². The Morgan fingerprint density at radius 3 is 2.12 bits per heavy atom. The lowest BCUT2D eigenvalue weighted by Crippen LogP contribution is -2.42. The monoisotopic (exact) mass is 333 g/mol. The van der Waals surface area contributed by atoms with E-state index in [1.807, 2.05) is 6.92 Å². The van der Waals surface area contributed by atoms with Crippen molar-refractivity contribution in [2.75, 3.05) is 19.6 Å². The van der Waals surface area contributed by atoms with Crippen LogP contribution in [0.25, 0.3) is 0 Å². The predicted octanol–water partition coefficient (Wildman–Crippen LogP) is 2.18. The molecule has 0 saturated carbocycles. The van der Waals surface area contributed by atoms with Gasteiger partial charge in [0.25, 0.3) is 0 Å². The molecule has 0 fully saturated rings. The molecule has 0 radical (unpaired) electrons. The highest BCUT2D eigenvalue weighted by atomic mass is 16.2. The van der Waals surface area contributed by atoms with Crippen LogP contribution in [0.2, 0.25) is 0 Å². The molecule has 0 spiro atoms. The molecule has 0 saturated heterocycles. The summed E-state index contributed by atoms with van der Waals surface area (Å²) in [4.78, 5) is 23.4. The molecule has 1 aromatic carbocycles. The van der Waals surface area contributed by atoms with Crippen molar-refractivity contribution in [1.29, 1.82) is 0 Å². The highest BCUT2D eigenvalue weighted by molar-refractivity contribution is 5.85. The Bertz CT molecular complexity index is 512. The minimum atomic E-state index is -0.169. The van der Waals surface area contributed by atoms with Gasteiger partial charge in [0.2, 0.25) is 11.8 Å². The summed E-state index contributed by atoms with van der Waals surface area (Å²) in [5.74, 6) is 0.0383. The normalized spacial score (nSPS) is 12.0. The number of amides is 2. The fraction of sp³-hybridized carbons (Fsp3) is 0.579. The molecule has 0 aliphatic heterocycles. The molecule has 1 atom stereocenters. The highest BCUT2D eigenvalue weighted by Gasteiger charge is 2.16. The van der Waals surface area contributed by atoms with Crippen LogP contribution in [0.1, 0.15) is 51.3 Å². The van der Waals surface area contributed by atoms with Gasteiger partial charge in [-0.25, -0.2) is 0 Å².